The summed E-state index contributed by atoms with van der Waals surface area (Å²) in [5.74, 6) is 0.851. The van der Waals surface area contributed by atoms with Crippen LogP contribution in [0.3, 0.4) is 0 Å². The Bertz CT molecular complexity index is 1190. The lowest BCUT2D eigenvalue weighted by Gasteiger charge is -2.18. The summed E-state index contributed by atoms with van der Waals surface area (Å²) in [6.45, 7) is 9.29. The lowest BCUT2D eigenvalue weighted by Crippen LogP contribution is -2.35. The average Bonchev–Trinajstić information content (AvgIpc) is 3.34. The van der Waals surface area contributed by atoms with Gasteiger partial charge in [0.15, 0.2) is 5.82 Å². The molecule has 3 aromatic rings. The zero-order valence-electron chi connectivity index (χ0n) is 19.4. The van der Waals surface area contributed by atoms with Gasteiger partial charge in [-0.25, -0.2) is 14.6 Å². The molecule has 0 radical (unpaired) electrons. The number of rotatable bonds is 7. The molecular formula is C24H29N7O2. The highest BCUT2D eigenvalue weighted by Crippen LogP contribution is 2.26. The molecule has 9 heteroatoms. The molecule has 0 saturated carbocycles. The van der Waals surface area contributed by atoms with Gasteiger partial charge < -0.3 is 15.5 Å². The molecule has 4 rings (SSSR count). The molecule has 1 atom stereocenters. The molecule has 9 nitrogen and oxygen atoms in total. The molecule has 1 aliphatic rings. The Kier molecular flexibility index (Phi) is 6.39. The van der Waals surface area contributed by atoms with Gasteiger partial charge in [0.05, 0.1) is 11.6 Å². The van der Waals surface area contributed by atoms with Crippen LogP contribution in [0.15, 0.2) is 36.7 Å². The SMILES string of the molecule is Cc1cc(C)n(-c2cc(NCCNC(=O)[C@H]3CC(=O)N(c4ccc(C)c(C)c4)C3)ncn2)n1. The molecule has 1 aliphatic heterocycles. The maximum absolute atomic E-state index is 12.6. The molecule has 1 aromatic carbocycles. The Morgan fingerprint density at radius 3 is 2.61 bits per heavy atom. The number of nitrogens with one attached hydrogen (secondary N) is 2. The summed E-state index contributed by atoms with van der Waals surface area (Å²) in [5.41, 5.74) is 5.07. The molecule has 1 fully saturated rings. The molecule has 172 valence electrons. The lowest BCUT2D eigenvalue weighted by atomic mass is 10.1. The maximum Gasteiger partial charge on any atom is 0.227 e. The Morgan fingerprint density at radius 2 is 1.88 bits per heavy atom. The first-order chi connectivity index (χ1) is 15.8. The van der Waals surface area contributed by atoms with Crippen LogP contribution < -0.4 is 15.5 Å². The minimum atomic E-state index is -0.351. The highest BCUT2D eigenvalue weighted by atomic mass is 16.2. The fourth-order valence-corrected chi connectivity index (χ4v) is 3.97. The van der Waals surface area contributed by atoms with Crippen LogP contribution in [0.25, 0.3) is 5.82 Å². The fourth-order valence-electron chi connectivity index (χ4n) is 3.97. The van der Waals surface area contributed by atoms with Crippen LogP contribution in [-0.2, 0) is 9.59 Å². The van der Waals surface area contributed by atoms with Gasteiger partial charge in [-0.05, 0) is 57.0 Å². The Hall–Kier alpha value is -3.75. The molecule has 0 aliphatic carbocycles. The van der Waals surface area contributed by atoms with E-state index in [1.54, 1.807) is 9.58 Å². The van der Waals surface area contributed by atoms with Gasteiger partial charge in [0.25, 0.3) is 0 Å². The summed E-state index contributed by atoms with van der Waals surface area (Å²) in [4.78, 5) is 35.3. The first-order valence-corrected chi connectivity index (χ1v) is 11.1. The van der Waals surface area contributed by atoms with Crippen LogP contribution >= 0.6 is 0 Å². The van der Waals surface area contributed by atoms with E-state index in [4.69, 9.17) is 0 Å². The Balaban J connectivity index is 1.28. The highest BCUT2D eigenvalue weighted by Gasteiger charge is 2.35. The first kappa shape index (κ1) is 22.4. The van der Waals surface area contributed by atoms with Crippen LogP contribution in [0.1, 0.15) is 28.9 Å². The number of hydrogen-bond acceptors (Lipinski definition) is 6. The summed E-state index contributed by atoms with van der Waals surface area (Å²) in [7, 11) is 0. The topological polar surface area (TPSA) is 105 Å². The van der Waals surface area contributed by atoms with Crippen molar-refractivity contribution in [2.75, 3.05) is 29.9 Å². The summed E-state index contributed by atoms with van der Waals surface area (Å²) in [6.07, 6.45) is 1.71. The van der Waals surface area contributed by atoms with Gasteiger partial charge in [-0.15, -0.1) is 0 Å². The third-order valence-electron chi connectivity index (χ3n) is 5.91. The predicted octanol–water partition coefficient (Wildman–Crippen LogP) is 2.48. The van der Waals surface area contributed by atoms with Crippen molar-refractivity contribution < 1.29 is 9.59 Å². The van der Waals surface area contributed by atoms with Gasteiger partial charge in [0.2, 0.25) is 11.8 Å². The molecule has 2 N–H and O–H groups in total. The number of carbonyl (C=O) groups is 2. The zero-order valence-corrected chi connectivity index (χ0v) is 19.4. The maximum atomic E-state index is 12.6. The van der Waals surface area contributed by atoms with Crippen molar-refractivity contribution >= 4 is 23.3 Å². The van der Waals surface area contributed by atoms with Crippen molar-refractivity contribution in [1.29, 1.82) is 0 Å². The van der Waals surface area contributed by atoms with E-state index in [2.05, 4.69) is 25.7 Å². The summed E-state index contributed by atoms with van der Waals surface area (Å²) >= 11 is 0. The monoisotopic (exact) mass is 447 g/mol. The summed E-state index contributed by atoms with van der Waals surface area (Å²) in [5, 5.41) is 10.6. The molecule has 0 bridgehead atoms. The number of aromatic nitrogens is 4. The van der Waals surface area contributed by atoms with Crippen LogP contribution in [-0.4, -0.2) is 51.2 Å². The number of anilines is 2. The van der Waals surface area contributed by atoms with Gasteiger partial charge in [0, 0.05) is 43.5 Å². The Morgan fingerprint density at radius 1 is 1.06 bits per heavy atom. The standard InChI is InChI=1S/C24H29N7O2/c1-15-5-6-20(9-16(15)2)30-13-19(11-23(30)32)24(33)26-8-7-25-21-12-22(28-14-27-21)31-18(4)10-17(3)29-31/h5-6,9-10,12,14,19H,7-8,11,13H2,1-4H3,(H,26,33)(H,25,27,28)/t19-/m0/s1. The van der Waals surface area contributed by atoms with Gasteiger partial charge in [-0.3, -0.25) is 9.59 Å². The minimum Gasteiger partial charge on any atom is -0.368 e. The molecular weight excluding hydrogens is 418 g/mol. The molecule has 2 aromatic heterocycles. The molecule has 3 heterocycles. The molecule has 0 unspecified atom stereocenters. The average molecular weight is 448 g/mol. The van der Waals surface area contributed by atoms with Crippen molar-refractivity contribution in [3.05, 3.63) is 59.2 Å². The predicted molar refractivity (Wildman–Crippen MR) is 127 cm³/mol. The van der Waals surface area contributed by atoms with Gasteiger partial charge >= 0.3 is 0 Å². The van der Waals surface area contributed by atoms with Gasteiger partial charge in [0.1, 0.15) is 12.1 Å². The lowest BCUT2D eigenvalue weighted by molar-refractivity contribution is -0.126. The number of benzene rings is 1. The van der Waals surface area contributed by atoms with Crippen molar-refractivity contribution in [2.45, 2.75) is 34.1 Å². The quantitative estimate of drug-likeness (QED) is 0.539. The number of hydrogen-bond donors (Lipinski definition) is 2. The van der Waals surface area contributed by atoms with E-state index in [0.717, 1.165) is 22.6 Å². The number of aryl methyl sites for hydroxylation is 4. The minimum absolute atomic E-state index is 0.0193. The van der Waals surface area contributed by atoms with Crippen molar-refractivity contribution in [1.82, 2.24) is 25.1 Å². The largest absolute Gasteiger partial charge is 0.368 e. The first-order valence-electron chi connectivity index (χ1n) is 11.1. The van der Waals surface area contributed by atoms with Crippen LogP contribution in [0.2, 0.25) is 0 Å². The Labute approximate surface area is 193 Å². The number of carbonyl (C=O) groups excluding carboxylic acids is 2. The normalized spacial score (nSPS) is 15.7. The smallest absolute Gasteiger partial charge is 0.227 e. The summed E-state index contributed by atoms with van der Waals surface area (Å²) < 4.78 is 1.77. The van der Waals surface area contributed by atoms with Crippen LogP contribution in [0, 0.1) is 33.6 Å². The number of amides is 2. The van der Waals surface area contributed by atoms with Crippen molar-refractivity contribution in [3.8, 4) is 5.82 Å². The third-order valence-corrected chi connectivity index (χ3v) is 5.91. The second-order valence-corrected chi connectivity index (χ2v) is 8.49. The van der Waals surface area contributed by atoms with E-state index in [1.807, 2.05) is 58.0 Å². The second-order valence-electron chi connectivity index (χ2n) is 8.49. The third kappa shape index (κ3) is 5.02. The summed E-state index contributed by atoms with van der Waals surface area (Å²) in [6, 6.07) is 9.74. The van der Waals surface area contributed by atoms with E-state index >= 15 is 0 Å². The van der Waals surface area contributed by atoms with E-state index in [-0.39, 0.29) is 24.2 Å². The van der Waals surface area contributed by atoms with Gasteiger partial charge in [-0.2, -0.15) is 5.10 Å². The second kappa shape index (κ2) is 9.40. The van der Waals surface area contributed by atoms with Crippen molar-refractivity contribution in [2.24, 2.45) is 5.92 Å². The molecule has 33 heavy (non-hydrogen) atoms. The van der Waals surface area contributed by atoms with E-state index in [9.17, 15) is 9.59 Å². The van der Waals surface area contributed by atoms with Gasteiger partial charge in [-0.1, -0.05) is 6.07 Å². The van der Waals surface area contributed by atoms with E-state index in [0.29, 0.717) is 31.3 Å². The van der Waals surface area contributed by atoms with Crippen LogP contribution in [0.4, 0.5) is 11.5 Å². The molecule has 1 saturated heterocycles. The molecule has 2 amide bonds. The van der Waals surface area contributed by atoms with E-state index < -0.39 is 0 Å². The highest BCUT2D eigenvalue weighted by molar-refractivity contribution is 6.00. The zero-order chi connectivity index (χ0) is 23.5. The van der Waals surface area contributed by atoms with E-state index in [1.165, 1.54) is 11.9 Å². The fraction of sp³-hybridized carbons (Fsp3) is 0.375. The molecule has 0 spiro atoms. The van der Waals surface area contributed by atoms with Crippen molar-refractivity contribution in [3.63, 3.8) is 0 Å². The van der Waals surface area contributed by atoms with Crippen LogP contribution in [0.5, 0.6) is 0 Å². The number of nitrogens with zero attached hydrogens (tertiary/aromatic N) is 5.